The molecular formula is C13H24N2O. The molecular weight excluding hydrogens is 200 g/mol. The highest BCUT2D eigenvalue weighted by Crippen LogP contribution is 2.41. The maximum absolute atomic E-state index is 12.0. The van der Waals surface area contributed by atoms with Crippen LogP contribution in [0.1, 0.15) is 39.5 Å². The van der Waals surface area contributed by atoms with E-state index in [0.717, 1.165) is 26.1 Å². The summed E-state index contributed by atoms with van der Waals surface area (Å²) in [6.45, 7) is 9.72. The Morgan fingerprint density at radius 2 is 1.69 bits per heavy atom. The lowest BCUT2D eigenvalue weighted by atomic mass is 9.71. The van der Waals surface area contributed by atoms with Gasteiger partial charge in [0.2, 0.25) is 5.91 Å². The average Bonchev–Trinajstić information content (AvgIpc) is 2.30. The van der Waals surface area contributed by atoms with Crippen LogP contribution in [0.25, 0.3) is 0 Å². The molecule has 0 aromatic rings. The van der Waals surface area contributed by atoms with Crippen molar-refractivity contribution in [2.45, 2.75) is 39.5 Å². The molecule has 0 N–H and O–H groups in total. The third-order valence-electron chi connectivity index (χ3n) is 4.54. The molecule has 3 nitrogen and oxygen atoms in total. The minimum Gasteiger partial charge on any atom is -0.343 e. The van der Waals surface area contributed by atoms with Crippen LogP contribution < -0.4 is 0 Å². The van der Waals surface area contributed by atoms with Crippen molar-refractivity contribution in [1.29, 1.82) is 0 Å². The van der Waals surface area contributed by atoms with E-state index < -0.39 is 0 Å². The van der Waals surface area contributed by atoms with Gasteiger partial charge < -0.3 is 9.80 Å². The number of amides is 1. The van der Waals surface area contributed by atoms with Gasteiger partial charge in [0.25, 0.3) is 0 Å². The molecule has 0 aromatic heterocycles. The molecule has 0 saturated carbocycles. The maximum Gasteiger partial charge on any atom is 0.223 e. The summed E-state index contributed by atoms with van der Waals surface area (Å²) in [6.07, 6.45) is 4.48. The molecule has 0 aliphatic carbocycles. The number of hydrogen-bond donors (Lipinski definition) is 0. The van der Waals surface area contributed by atoms with E-state index in [0.29, 0.717) is 11.3 Å². The van der Waals surface area contributed by atoms with Gasteiger partial charge in [-0.05, 0) is 51.2 Å². The zero-order valence-corrected chi connectivity index (χ0v) is 10.7. The molecule has 1 spiro atoms. The normalized spacial score (nSPS) is 26.4. The van der Waals surface area contributed by atoms with Crippen molar-refractivity contribution >= 4 is 5.91 Å². The summed E-state index contributed by atoms with van der Waals surface area (Å²) >= 11 is 0. The molecule has 16 heavy (non-hydrogen) atoms. The summed E-state index contributed by atoms with van der Waals surface area (Å²) in [4.78, 5) is 16.5. The summed E-state index contributed by atoms with van der Waals surface area (Å²) in [5, 5.41) is 0. The maximum atomic E-state index is 12.0. The highest BCUT2D eigenvalue weighted by molar-refractivity contribution is 5.77. The quantitative estimate of drug-likeness (QED) is 0.713. The Morgan fingerprint density at radius 1 is 1.06 bits per heavy atom. The summed E-state index contributed by atoms with van der Waals surface area (Å²) in [5.74, 6) is 0.388. The molecule has 1 amide bonds. The van der Waals surface area contributed by atoms with E-state index in [1.54, 1.807) is 0 Å². The summed E-state index contributed by atoms with van der Waals surface area (Å²) in [5.41, 5.74) is 0.356. The van der Waals surface area contributed by atoms with Crippen molar-refractivity contribution < 1.29 is 4.79 Å². The van der Waals surface area contributed by atoms with Gasteiger partial charge >= 0.3 is 0 Å². The van der Waals surface area contributed by atoms with E-state index in [2.05, 4.69) is 18.7 Å². The van der Waals surface area contributed by atoms with E-state index in [4.69, 9.17) is 0 Å². The summed E-state index contributed by atoms with van der Waals surface area (Å²) in [6, 6.07) is 0. The first kappa shape index (κ1) is 11.9. The second-order valence-corrected chi connectivity index (χ2v) is 5.33. The van der Waals surface area contributed by atoms with Crippen LogP contribution in [-0.2, 0) is 4.79 Å². The number of piperidine rings is 2. The topological polar surface area (TPSA) is 23.6 Å². The summed E-state index contributed by atoms with van der Waals surface area (Å²) in [7, 11) is 0. The van der Waals surface area contributed by atoms with Gasteiger partial charge in [0.15, 0.2) is 0 Å². The number of carbonyl (C=O) groups excluding carboxylic acids is 1. The third-order valence-corrected chi connectivity index (χ3v) is 4.54. The second kappa shape index (κ2) is 4.74. The second-order valence-electron chi connectivity index (χ2n) is 5.33. The molecule has 2 rings (SSSR count). The van der Waals surface area contributed by atoms with Crippen LogP contribution in [-0.4, -0.2) is 48.4 Å². The van der Waals surface area contributed by atoms with Gasteiger partial charge in [-0.25, -0.2) is 0 Å². The molecule has 2 fully saturated rings. The predicted molar refractivity (Wildman–Crippen MR) is 65.3 cm³/mol. The zero-order chi connectivity index (χ0) is 11.6. The van der Waals surface area contributed by atoms with Crippen molar-refractivity contribution in [2.75, 3.05) is 32.7 Å². The van der Waals surface area contributed by atoms with Gasteiger partial charge in [-0.1, -0.05) is 6.92 Å². The minimum atomic E-state index is 0.356. The molecule has 0 bridgehead atoms. The van der Waals surface area contributed by atoms with Crippen molar-refractivity contribution in [2.24, 2.45) is 5.41 Å². The first-order chi connectivity index (χ1) is 7.69. The van der Waals surface area contributed by atoms with Crippen LogP contribution in [0, 0.1) is 5.41 Å². The number of carbonyl (C=O) groups is 1. The number of nitrogens with zero attached hydrogens (tertiary/aromatic N) is 2. The number of hydrogen-bond acceptors (Lipinski definition) is 2. The first-order valence-corrected chi connectivity index (χ1v) is 6.69. The standard InChI is InChI=1S/C13H24N2O/c1-3-14-8-5-13(6-9-14)7-10-15(4-2)12(16)11-13/h3-11H2,1-2H3. The summed E-state index contributed by atoms with van der Waals surface area (Å²) < 4.78 is 0. The highest BCUT2D eigenvalue weighted by Gasteiger charge is 2.40. The number of likely N-dealkylation sites (tertiary alicyclic amines) is 2. The van der Waals surface area contributed by atoms with Crippen molar-refractivity contribution in [3.8, 4) is 0 Å². The lowest BCUT2D eigenvalue weighted by Crippen LogP contribution is -2.49. The Bertz CT molecular complexity index is 251. The monoisotopic (exact) mass is 224 g/mol. The Kier molecular flexibility index (Phi) is 3.53. The number of rotatable bonds is 2. The minimum absolute atomic E-state index is 0.356. The van der Waals surface area contributed by atoms with Gasteiger partial charge in [0.05, 0.1) is 0 Å². The fourth-order valence-electron chi connectivity index (χ4n) is 3.12. The van der Waals surface area contributed by atoms with Crippen LogP contribution in [0.5, 0.6) is 0 Å². The Morgan fingerprint density at radius 3 is 2.19 bits per heavy atom. The van der Waals surface area contributed by atoms with Crippen molar-refractivity contribution in [3.05, 3.63) is 0 Å². The van der Waals surface area contributed by atoms with E-state index in [9.17, 15) is 4.79 Å². The molecule has 3 heteroatoms. The Balaban J connectivity index is 1.94. The van der Waals surface area contributed by atoms with E-state index in [1.165, 1.54) is 32.4 Å². The van der Waals surface area contributed by atoms with Crippen LogP contribution in [0.4, 0.5) is 0 Å². The molecule has 2 aliphatic heterocycles. The molecule has 0 radical (unpaired) electrons. The van der Waals surface area contributed by atoms with Crippen LogP contribution >= 0.6 is 0 Å². The van der Waals surface area contributed by atoms with Crippen LogP contribution in [0.3, 0.4) is 0 Å². The largest absolute Gasteiger partial charge is 0.343 e. The van der Waals surface area contributed by atoms with Gasteiger partial charge in [-0.3, -0.25) is 4.79 Å². The molecule has 2 aliphatic rings. The van der Waals surface area contributed by atoms with Crippen LogP contribution in [0.15, 0.2) is 0 Å². The SMILES string of the molecule is CCN1CCC2(CC1)CCN(CC)C(=O)C2. The lowest BCUT2D eigenvalue weighted by molar-refractivity contribution is -0.139. The molecule has 2 heterocycles. The van der Waals surface area contributed by atoms with Gasteiger partial charge in [-0.2, -0.15) is 0 Å². The fraction of sp³-hybridized carbons (Fsp3) is 0.923. The highest BCUT2D eigenvalue weighted by atomic mass is 16.2. The van der Waals surface area contributed by atoms with Gasteiger partial charge in [0.1, 0.15) is 0 Å². The van der Waals surface area contributed by atoms with Gasteiger partial charge in [0, 0.05) is 19.5 Å². The van der Waals surface area contributed by atoms with E-state index in [-0.39, 0.29) is 0 Å². The molecule has 2 saturated heterocycles. The lowest BCUT2D eigenvalue weighted by Gasteiger charge is -2.46. The van der Waals surface area contributed by atoms with Crippen LogP contribution in [0.2, 0.25) is 0 Å². The molecule has 92 valence electrons. The fourth-order valence-corrected chi connectivity index (χ4v) is 3.12. The van der Waals surface area contributed by atoms with Crippen molar-refractivity contribution in [3.63, 3.8) is 0 Å². The molecule has 0 unspecified atom stereocenters. The smallest absolute Gasteiger partial charge is 0.223 e. The first-order valence-electron chi connectivity index (χ1n) is 6.69. The Hall–Kier alpha value is -0.570. The molecule has 0 aromatic carbocycles. The average molecular weight is 224 g/mol. The predicted octanol–water partition coefficient (Wildman–Crippen LogP) is 1.73. The molecule has 0 atom stereocenters. The Labute approximate surface area is 98.8 Å². The zero-order valence-electron chi connectivity index (χ0n) is 10.7. The third kappa shape index (κ3) is 2.24. The van der Waals surface area contributed by atoms with E-state index >= 15 is 0 Å². The van der Waals surface area contributed by atoms with Crippen molar-refractivity contribution in [1.82, 2.24) is 9.80 Å². The van der Waals surface area contributed by atoms with Gasteiger partial charge in [-0.15, -0.1) is 0 Å². The van der Waals surface area contributed by atoms with E-state index in [1.807, 2.05) is 4.90 Å².